The summed E-state index contributed by atoms with van der Waals surface area (Å²) in [4.78, 5) is 18.9. The maximum Gasteiger partial charge on any atom is 0.271 e. The van der Waals surface area contributed by atoms with Crippen molar-refractivity contribution < 1.29 is 15.1 Å². The molecular formula is C12H15N5O4. The third-order valence-electron chi connectivity index (χ3n) is 2.67. The van der Waals surface area contributed by atoms with Crippen molar-refractivity contribution in [3.05, 3.63) is 28.3 Å². The molecule has 21 heavy (non-hydrogen) atoms. The Morgan fingerprint density at radius 1 is 1.05 bits per heavy atom. The molecule has 4 N–H and O–H groups in total. The molecule has 0 aliphatic carbocycles. The Bertz CT molecular complexity index is 649. The average Bonchev–Trinajstić information content (AvgIpc) is 2.49. The monoisotopic (exact) mass is 293 g/mol. The van der Waals surface area contributed by atoms with Gasteiger partial charge in [-0.15, -0.1) is 0 Å². The van der Waals surface area contributed by atoms with Crippen LogP contribution < -0.4 is 10.6 Å². The smallest absolute Gasteiger partial charge is 0.271 e. The van der Waals surface area contributed by atoms with Crippen molar-refractivity contribution in [2.24, 2.45) is 0 Å². The van der Waals surface area contributed by atoms with Gasteiger partial charge < -0.3 is 20.8 Å². The maximum absolute atomic E-state index is 10.8. The first-order valence-corrected chi connectivity index (χ1v) is 6.31. The summed E-state index contributed by atoms with van der Waals surface area (Å²) in [5, 5.41) is 34.3. The number of rotatable bonds is 7. The van der Waals surface area contributed by atoms with Crippen LogP contribution in [-0.4, -0.2) is 51.4 Å². The molecule has 0 spiro atoms. The lowest BCUT2D eigenvalue weighted by Gasteiger charge is -2.12. The van der Waals surface area contributed by atoms with Crippen molar-refractivity contribution in [1.82, 2.24) is 9.97 Å². The highest BCUT2D eigenvalue weighted by Gasteiger charge is 2.12. The van der Waals surface area contributed by atoms with E-state index >= 15 is 0 Å². The number of aromatic nitrogens is 2. The van der Waals surface area contributed by atoms with Gasteiger partial charge in [0.2, 0.25) is 0 Å². The van der Waals surface area contributed by atoms with Gasteiger partial charge in [0.05, 0.1) is 29.2 Å². The van der Waals surface area contributed by atoms with E-state index in [-0.39, 0.29) is 25.4 Å². The van der Waals surface area contributed by atoms with Gasteiger partial charge in [-0.2, -0.15) is 0 Å². The molecule has 0 radical (unpaired) electrons. The minimum Gasteiger partial charge on any atom is -0.395 e. The maximum atomic E-state index is 10.8. The third-order valence-corrected chi connectivity index (χ3v) is 2.67. The number of nitrogens with one attached hydrogen (secondary N) is 2. The highest BCUT2D eigenvalue weighted by Crippen LogP contribution is 2.24. The molecule has 0 saturated heterocycles. The largest absolute Gasteiger partial charge is 0.395 e. The van der Waals surface area contributed by atoms with Crippen LogP contribution in [0.2, 0.25) is 0 Å². The molecule has 9 nitrogen and oxygen atoms in total. The van der Waals surface area contributed by atoms with Gasteiger partial charge in [-0.25, -0.2) is 9.97 Å². The number of nitro groups is 1. The number of fused-ring (bicyclic) bond motifs is 1. The number of aliphatic hydroxyl groups excluding tert-OH is 2. The molecule has 0 aliphatic heterocycles. The molecule has 1 aromatic carbocycles. The first kappa shape index (κ1) is 14.9. The van der Waals surface area contributed by atoms with Crippen molar-refractivity contribution in [1.29, 1.82) is 0 Å². The number of nitro benzene ring substituents is 1. The lowest BCUT2D eigenvalue weighted by Crippen LogP contribution is -2.14. The minimum absolute atomic E-state index is 0.0685. The van der Waals surface area contributed by atoms with Crippen molar-refractivity contribution in [3.63, 3.8) is 0 Å². The SMILES string of the molecule is O=[N+]([O-])c1ccc2nc(NCCO)c(NCCO)nc2c1. The van der Waals surface area contributed by atoms with E-state index in [2.05, 4.69) is 20.6 Å². The highest BCUT2D eigenvalue weighted by atomic mass is 16.6. The van der Waals surface area contributed by atoms with Crippen LogP contribution in [0, 0.1) is 10.1 Å². The molecule has 0 saturated carbocycles. The van der Waals surface area contributed by atoms with Gasteiger partial charge in [-0.3, -0.25) is 10.1 Å². The Kier molecular flexibility index (Phi) is 4.80. The molecule has 2 aromatic rings. The van der Waals surface area contributed by atoms with Crippen LogP contribution in [0.3, 0.4) is 0 Å². The van der Waals surface area contributed by atoms with E-state index in [4.69, 9.17) is 10.2 Å². The van der Waals surface area contributed by atoms with Gasteiger partial charge in [-0.05, 0) is 6.07 Å². The van der Waals surface area contributed by atoms with Crippen molar-refractivity contribution in [3.8, 4) is 0 Å². The van der Waals surface area contributed by atoms with Crippen LogP contribution in [-0.2, 0) is 0 Å². The number of aliphatic hydroxyl groups is 2. The van der Waals surface area contributed by atoms with E-state index in [0.29, 0.717) is 29.2 Å². The van der Waals surface area contributed by atoms with Gasteiger partial charge in [0.1, 0.15) is 0 Å². The lowest BCUT2D eigenvalue weighted by molar-refractivity contribution is -0.384. The normalized spacial score (nSPS) is 10.6. The van der Waals surface area contributed by atoms with E-state index in [9.17, 15) is 10.1 Å². The van der Waals surface area contributed by atoms with Crippen molar-refractivity contribution in [2.75, 3.05) is 36.9 Å². The Hall–Kier alpha value is -2.52. The summed E-state index contributed by atoms with van der Waals surface area (Å²) in [6.07, 6.45) is 0. The number of hydrogen-bond donors (Lipinski definition) is 4. The number of nitrogens with zero attached hydrogens (tertiary/aromatic N) is 3. The first-order valence-electron chi connectivity index (χ1n) is 6.31. The zero-order valence-electron chi connectivity index (χ0n) is 11.1. The Balaban J connectivity index is 2.45. The Morgan fingerprint density at radius 2 is 1.62 bits per heavy atom. The number of hydrogen-bond acceptors (Lipinski definition) is 8. The standard InChI is InChI=1S/C12H15N5O4/c18-5-3-13-11-12(14-4-6-19)16-10-7-8(17(20)21)1-2-9(10)15-11/h1-2,7,18-19H,3-6H2,(H,13,15)(H,14,16). The molecule has 112 valence electrons. The molecule has 0 bridgehead atoms. The summed E-state index contributed by atoms with van der Waals surface area (Å²) in [5.41, 5.74) is 0.802. The van der Waals surface area contributed by atoms with E-state index < -0.39 is 4.92 Å². The van der Waals surface area contributed by atoms with Gasteiger partial charge >= 0.3 is 0 Å². The Morgan fingerprint density at radius 3 is 2.14 bits per heavy atom. The van der Waals surface area contributed by atoms with Crippen LogP contribution in [0.15, 0.2) is 18.2 Å². The van der Waals surface area contributed by atoms with Crippen LogP contribution in [0.4, 0.5) is 17.3 Å². The summed E-state index contributed by atoms with van der Waals surface area (Å²) in [6, 6.07) is 4.20. The van der Waals surface area contributed by atoms with Crippen molar-refractivity contribution >= 4 is 28.4 Å². The summed E-state index contributed by atoms with van der Waals surface area (Å²) in [7, 11) is 0. The van der Waals surface area contributed by atoms with Gasteiger partial charge in [-0.1, -0.05) is 0 Å². The van der Waals surface area contributed by atoms with E-state index in [1.165, 1.54) is 18.2 Å². The quantitative estimate of drug-likeness (QED) is 0.424. The van der Waals surface area contributed by atoms with E-state index in [0.717, 1.165) is 0 Å². The zero-order valence-corrected chi connectivity index (χ0v) is 11.1. The topological polar surface area (TPSA) is 133 Å². The fourth-order valence-corrected chi connectivity index (χ4v) is 1.75. The van der Waals surface area contributed by atoms with Crippen molar-refractivity contribution in [2.45, 2.75) is 0 Å². The second-order valence-electron chi connectivity index (χ2n) is 4.15. The number of anilines is 2. The molecule has 9 heteroatoms. The zero-order chi connectivity index (χ0) is 15.2. The molecule has 0 aliphatic rings. The van der Waals surface area contributed by atoms with Crippen LogP contribution in [0.1, 0.15) is 0 Å². The molecule has 0 unspecified atom stereocenters. The van der Waals surface area contributed by atoms with Crippen LogP contribution in [0.25, 0.3) is 11.0 Å². The third kappa shape index (κ3) is 3.52. The average molecular weight is 293 g/mol. The van der Waals surface area contributed by atoms with Gasteiger partial charge in [0.25, 0.3) is 5.69 Å². The van der Waals surface area contributed by atoms with E-state index in [1.807, 2.05) is 0 Å². The van der Waals surface area contributed by atoms with Crippen LogP contribution >= 0.6 is 0 Å². The molecule has 1 aromatic heterocycles. The first-order chi connectivity index (χ1) is 10.2. The molecule has 1 heterocycles. The highest BCUT2D eigenvalue weighted by molar-refractivity contribution is 5.82. The van der Waals surface area contributed by atoms with Gasteiger partial charge in [0.15, 0.2) is 11.6 Å². The Labute approximate surface area is 119 Å². The molecule has 0 atom stereocenters. The predicted octanol–water partition coefficient (Wildman–Crippen LogP) is 0.346. The fraction of sp³-hybridized carbons (Fsp3) is 0.333. The van der Waals surface area contributed by atoms with Crippen LogP contribution in [0.5, 0.6) is 0 Å². The summed E-state index contributed by atoms with van der Waals surface area (Å²) in [6.45, 7) is 0.400. The fourth-order valence-electron chi connectivity index (χ4n) is 1.75. The second-order valence-corrected chi connectivity index (χ2v) is 4.15. The summed E-state index contributed by atoms with van der Waals surface area (Å²) in [5.74, 6) is 0.782. The predicted molar refractivity (Wildman–Crippen MR) is 77.3 cm³/mol. The number of non-ortho nitro benzene ring substituents is 1. The van der Waals surface area contributed by atoms with Gasteiger partial charge in [0, 0.05) is 25.2 Å². The van der Waals surface area contributed by atoms with E-state index in [1.54, 1.807) is 0 Å². The summed E-state index contributed by atoms with van der Waals surface area (Å²) >= 11 is 0. The number of benzene rings is 1. The summed E-state index contributed by atoms with van der Waals surface area (Å²) < 4.78 is 0. The molecule has 0 amide bonds. The molecule has 2 rings (SSSR count). The second kappa shape index (κ2) is 6.77. The lowest BCUT2D eigenvalue weighted by atomic mass is 10.2. The molecule has 0 fully saturated rings. The minimum atomic E-state index is -0.500. The molecular weight excluding hydrogens is 278 g/mol.